The normalized spacial score (nSPS) is 25.6. The summed E-state index contributed by atoms with van der Waals surface area (Å²) in [6.45, 7) is 0. The van der Waals surface area contributed by atoms with Crippen molar-refractivity contribution < 1.29 is 13.2 Å². The number of fused-ring (bicyclic) bond motifs is 1. The molecule has 3 rings (SSSR count). The number of carbonyl (C=O) groups excluding carboxylic acids is 1. The lowest BCUT2D eigenvalue weighted by Crippen LogP contribution is -2.43. The van der Waals surface area contributed by atoms with Gasteiger partial charge in [-0.05, 0) is 36.6 Å². The van der Waals surface area contributed by atoms with Crippen molar-refractivity contribution in [2.45, 2.75) is 42.7 Å². The van der Waals surface area contributed by atoms with Crippen LogP contribution in [0.5, 0.6) is 0 Å². The summed E-state index contributed by atoms with van der Waals surface area (Å²) in [5.74, 6) is -0.111. The fourth-order valence-corrected chi connectivity index (χ4v) is 4.15. The van der Waals surface area contributed by atoms with E-state index < -0.39 is 10.0 Å². The van der Waals surface area contributed by atoms with Crippen LogP contribution in [0.25, 0.3) is 0 Å². The van der Waals surface area contributed by atoms with Crippen LogP contribution in [0.4, 0.5) is 5.69 Å². The van der Waals surface area contributed by atoms with Gasteiger partial charge in [0.05, 0.1) is 11.3 Å². The molecule has 7 heteroatoms. The Hall–Kier alpha value is -1.44. The van der Waals surface area contributed by atoms with Crippen LogP contribution in [0, 0.1) is 0 Å². The van der Waals surface area contributed by atoms with Crippen molar-refractivity contribution in [1.82, 2.24) is 4.72 Å². The van der Waals surface area contributed by atoms with Gasteiger partial charge in [0.2, 0.25) is 15.9 Å². The second-order valence-corrected chi connectivity index (χ2v) is 7.08. The van der Waals surface area contributed by atoms with E-state index in [0.29, 0.717) is 11.3 Å². The molecule has 1 saturated carbocycles. The molecule has 2 atom stereocenters. The van der Waals surface area contributed by atoms with Gasteiger partial charge in [0.25, 0.3) is 0 Å². The highest BCUT2D eigenvalue weighted by atomic mass is 32.2. The number of amides is 1. The summed E-state index contributed by atoms with van der Waals surface area (Å²) in [4.78, 5) is 11.5. The van der Waals surface area contributed by atoms with Gasteiger partial charge in [0.1, 0.15) is 0 Å². The summed E-state index contributed by atoms with van der Waals surface area (Å²) in [6, 6.07) is 4.36. The molecule has 1 aliphatic heterocycles. The number of hydrogen-bond acceptors (Lipinski definition) is 4. The Morgan fingerprint density at radius 3 is 2.80 bits per heavy atom. The molecule has 20 heavy (non-hydrogen) atoms. The minimum atomic E-state index is -3.58. The van der Waals surface area contributed by atoms with E-state index in [1.54, 1.807) is 12.1 Å². The van der Waals surface area contributed by atoms with Crippen molar-refractivity contribution in [3.63, 3.8) is 0 Å². The lowest BCUT2D eigenvalue weighted by atomic mass is 10.2. The molecule has 1 aromatic rings. The maximum Gasteiger partial charge on any atom is 0.240 e. The number of nitrogens with one attached hydrogen (secondary N) is 2. The molecule has 2 aliphatic rings. The second-order valence-electron chi connectivity index (χ2n) is 5.37. The Kier molecular flexibility index (Phi) is 3.27. The van der Waals surface area contributed by atoms with Crippen LogP contribution in [0.3, 0.4) is 0 Å². The van der Waals surface area contributed by atoms with Gasteiger partial charge in [-0.15, -0.1) is 0 Å². The number of nitrogens with two attached hydrogens (primary N) is 1. The SMILES string of the molecule is NC1CCCC1NS(=O)(=O)c1ccc2c(c1)CC(=O)N2. The number of carbonyl (C=O) groups is 1. The van der Waals surface area contributed by atoms with Gasteiger partial charge in [-0.2, -0.15) is 0 Å². The Labute approximate surface area is 117 Å². The van der Waals surface area contributed by atoms with Gasteiger partial charge in [0.15, 0.2) is 0 Å². The van der Waals surface area contributed by atoms with Crippen LogP contribution in [0.1, 0.15) is 24.8 Å². The summed E-state index contributed by atoms with van der Waals surface area (Å²) < 4.78 is 27.4. The van der Waals surface area contributed by atoms with E-state index in [2.05, 4.69) is 10.0 Å². The van der Waals surface area contributed by atoms with Gasteiger partial charge < -0.3 is 11.1 Å². The standard InChI is InChI=1S/C13H17N3O3S/c14-10-2-1-3-12(10)16-20(18,19)9-4-5-11-8(6-9)7-13(17)15-11/h4-6,10,12,16H,1-3,7,14H2,(H,15,17). The van der Waals surface area contributed by atoms with E-state index in [-0.39, 0.29) is 29.3 Å². The Morgan fingerprint density at radius 1 is 1.30 bits per heavy atom. The van der Waals surface area contributed by atoms with E-state index in [9.17, 15) is 13.2 Å². The predicted octanol–water partition coefficient (Wildman–Crippen LogP) is 0.339. The van der Waals surface area contributed by atoms with Gasteiger partial charge in [-0.3, -0.25) is 4.79 Å². The fourth-order valence-electron chi connectivity index (χ4n) is 2.78. The third-order valence-electron chi connectivity index (χ3n) is 3.89. The van der Waals surface area contributed by atoms with Crippen molar-refractivity contribution in [1.29, 1.82) is 0 Å². The highest BCUT2D eigenvalue weighted by Gasteiger charge is 2.29. The Balaban J connectivity index is 1.85. The molecular formula is C13H17N3O3S. The van der Waals surface area contributed by atoms with Crippen molar-refractivity contribution in [2.24, 2.45) is 5.73 Å². The summed E-state index contributed by atoms with van der Waals surface area (Å²) in [5, 5.41) is 2.68. The lowest BCUT2D eigenvalue weighted by Gasteiger charge is -2.17. The van der Waals surface area contributed by atoms with Crippen molar-refractivity contribution >= 4 is 21.6 Å². The number of benzene rings is 1. The summed E-state index contributed by atoms with van der Waals surface area (Å²) in [6.07, 6.45) is 2.78. The largest absolute Gasteiger partial charge is 0.326 e. The van der Waals surface area contributed by atoms with E-state index in [0.717, 1.165) is 19.3 Å². The molecule has 0 radical (unpaired) electrons. The zero-order valence-corrected chi connectivity index (χ0v) is 11.7. The molecule has 0 spiro atoms. The van der Waals surface area contributed by atoms with E-state index in [1.807, 2.05) is 0 Å². The van der Waals surface area contributed by atoms with Crippen LogP contribution in [-0.4, -0.2) is 26.4 Å². The third kappa shape index (κ3) is 2.44. The van der Waals surface area contributed by atoms with Crippen LogP contribution >= 0.6 is 0 Å². The average molecular weight is 295 g/mol. The Morgan fingerprint density at radius 2 is 2.10 bits per heavy atom. The molecule has 1 fully saturated rings. The van der Waals surface area contributed by atoms with Gasteiger partial charge in [-0.25, -0.2) is 13.1 Å². The second kappa shape index (κ2) is 4.83. The highest BCUT2D eigenvalue weighted by Crippen LogP contribution is 2.26. The number of sulfonamides is 1. The predicted molar refractivity (Wildman–Crippen MR) is 74.7 cm³/mol. The molecule has 0 aromatic heterocycles. The molecule has 108 valence electrons. The van der Waals surface area contributed by atoms with Crippen molar-refractivity contribution in [3.05, 3.63) is 23.8 Å². The topological polar surface area (TPSA) is 101 Å². The molecule has 0 saturated heterocycles. The maximum atomic E-state index is 12.3. The summed E-state index contributed by atoms with van der Waals surface area (Å²) in [5.41, 5.74) is 7.29. The number of anilines is 1. The molecule has 0 bridgehead atoms. The monoisotopic (exact) mass is 295 g/mol. The van der Waals surface area contributed by atoms with E-state index in [4.69, 9.17) is 5.73 Å². The first-order valence-corrected chi connectivity index (χ1v) is 8.15. The minimum Gasteiger partial charge on any atom is -0.326 e. The molecular weight excluding hydrogens is 278 g/mol. The molecule has 1 heterocycles. The van der Waals surface area contributed by atoms with Gasteiger partial charge >= 0.3 is 0 Å². The Bertz CT molecular complexity index is 657. The van der Waals surface area contributed by atoms with Gasteiger partial charge in [0, 0.05) is 17.8 Å². The zero-order valence-electron chi connectivity index (χ0n) is 10.9. The molecule has 2 unspecified atom stereocenters. The average Bonchev–Trinajstić information content (AvgIpc) is 2.93. The molecule has 1 aliphatic carbocycles. The third-order valence-corrected chi connectivity index (χ3v) is 5.38. The van der Waals surface area contributed by atoms with Gasteiger partial charge in [-0.1, -0.05) is 6.42 Å². The zero-order chi connectivity index (χ0) is 14.3. The molecule has 4 N–H and O–H groups in total. The molecule has 1 aromatic carbocycles. The quantitative estimate of drug-likeness (QED) is 0.748. The fraction of sp³-hybridized carbons (Fsp3) is 0.462. The maximum absolute atomic E-state index is 12.3. The van der Waals surface area contributed by atoms with Crippen LogP contribution in [0.15, 0.2) is 23.1 Å². The first-order chi connectivity index (χ1) is 9.45. The summed E-state index contributed by atoms with van der Waals surface area (Å²) in [7, 11) is -3.58. The lowest BCUT2D eigenvalue weighted by molar-refractivity contribution is -0.115. The summed E-state index contributed by atoms with van der Waals surface area (Å²) >= 11 is 0. The van der Waals surface area contributed by atoms with E-state index >= 15 is 0 Å². The first kappa shape index (κ1) is 13.5. The van der Waals surface area contributed by atoms with Crippen LogP contribution in [0.2, 0.25) is 0 Å². The smallest absolute Gasteiger partial charge is 0.240 e. The number of rotatable bonds is 3. The van der Waals surface area contributed by atoms with E-state index in [1.165, 1.54) is 6.07 Å². The highest BCUT2D eigenvalue weighted by molar-refractivity contribution is 7.89. The molecule has 1 amide bonds. The minimum absolute atomic E-state index is 0.111. The first-order valence-electron chi connectivity index (χ1n) is 6.66. The van der Waals surface area contributed by atoms with Crippen LogP contribution in [-0.2, 0) is 21.2 Å². The number of hydrogen-bond donors (Lipinski definition) is 3. The van der Waals surface area contributed by atoms with Crippen LogP contribution < -0.4 is 15.8 Å². The van der Waals surface area contributed by atoms with Crippen molar-refractivity contribution in [2.75, 3.05) is 5.32 Å². The molecule has 6 nitrogen and oxygen atoms in total. The van der Waals surface area contributed by atoms with Crippen molar-refractivity contribution in [3.8, 4) is 0 Å².